The molecule has 1 aliphatic heterocycles. The first-order valence-corrected chi connectivity index (χ1v) is 10.3. The first-order chi connectivity index (χ1) is 15.3. The molecule has 0 saturated heterocycles. The van der Waals surface area contributed by atoms with E-state index in [1.165, 1.54) is 5.56 Å². The zero-order valence-corrected chi connectivity index (χ0v) is 17.4. The number of carbonyl (C=O) groups is 2. The number of nitrogens with one attached hydrogen (secondary N) is 2. The average molecular weight is 464 g/mol. The van der Waals surface area contributed by atoms with Crippen molar-refractivity contribution in [1.29, 1.82) is 0 Å². The van der Waals surface area contributed by atoms with Gasteiger partial charge >= 0.3 is 12.1 Å². The summed E-state index contributed by atoms with van der Waals surface area (Å²) in [7, 11) is 0. The lowest BCUT2D eigenvalue weighted by molar-refractivity contribution is -0.192. The maximum Gasteiger partial charge on any atom is 0.490 e. The van der Waals surface area contributed by atoms with E-state index in [0.717, 1.165) is 28.4 Å². The first-order valence-electron chi connectivity index (χ1n) is 9.47. The van der Waals surface area contributed by atoms with Crippen LogP contribution in [0.15, 0.2) is 54.2 Å². The van der Waals surface area contributed by atoms with Crippen LogP contribution in [0, 0.1) is 0 Å². The predicted molar refractivity (Wildman–Crippen MR) is 112 cm³/mol. The molecular formula is C21H19F3N4O3S. The van der Waals surface area contributed by atoms with E-state index in [1.54, 1.807) is 23.7 Å². The molecule has 7 nitrogen and oxygen atoms in total. The molecule has 0 radical (unpaired) electrons. The molecule has 0 saturated carbocycles. The number of carboxylic acids is 1. The van der Waals surface area contributed by atoms with Crippen LogP contribution >= 0.6 is 11.3 Å². The van der Waals surface area contributed by atoms with E-state index in [4.69, 9.17) is 9.90 Å². The highest BCUT2D eigenvalue weighted by molar-refractivity contribution is 7.09. The number of aliphatic carboxylic acids is 1. The third-order valence-corrected chi connectivity index (χ3v) is 5.43. The lowest BCUT2D eigenvalue weighted by Gasteiger charge is -2.25. The van der Waals surface area contributed by atoms with Gasteiger partial charge in [0.15, 0.2) is 0 Å². The van der Waals surface area contributed by atoms with Crippen LogP contribution in [0.5, 0.6) is 0 Å². The minimum Gasteiger partial charge on any atom is -0.475 e. The van der Waals surface area contributed by atoms with Crippen LogP contribution in [0.25, 0.3) is 11.3 Å². The van der Waals surface area contributed by atoms with Gasteiger partial charge in [0.2, 0.25) is 5.91 Å². The Morgan fingerprint density at radius 2 is 1.97 bits per heavy atom. The quantitative estimate of drug-likeness (QED) is 0.547. The summed E-state index contributed by atoms with van der Waals surface area (Å²) in [5, 5.41) is 16.4. The SMILES string of the molecule is O=C(NCc1nc(-c2cccnc2)cs1)C1CNCc2ccccc21.O=C(O)C(F)(F)F. The van der Waals surface area contributed by atoms with Crippen molar-refractivity contribution in [3.05, 3.63) is 70.3 Å². The summed E-state index contributed by atoms with van der Waals surface area (Å²) in [5.41, 5.74) is 4.20. The Balaban J connectivity index is 0.000000360. The number of carbonyl (C=O) groups excluding carboxylic acids is 1. The number of carboxylic acid groups (broad SMARTS) is 1. The molecule has 4 rings (SSSR count). The number of benzene rings is 1. The van der Waals surface area contributed by atoms with E-state index in [0.29, 0.717) is 13.1 Å². The summed E-state index contributed by atoms with van der Waals surface area (Å²) in [6.07, 6.45) is -1.55. The van der Waals surface area contributed by atoms with Crippen LogP contribution in [0.2, 0.25) is 0 Å². The monoisotopic (exact) mass is 464 g/mol. The maximum absolute atomic E-state index is 12.6. The molecule has 3 aromatic rings. The number of fused-ring (bicyclic) bond motifs is 1. The fourth-order valence-corrected chi connectivity index (χ4v) is 3.80. The number of hydrogen-bond acceptors (Lipinski definition) is 6. The highest BCUT2D eigenvalue weighted by Gasteiger charge is 2.38. The van der Waals surface area contributed by atoms with Gasteiger partial charge in [0.05, 0.1) is 18.2 Å². The van der Waals surface area contributed by atoms with Gasteiger partial charge in [-0.15, -0.1) is 11.3 Å². The molecule has 32 heavy (non-hydrogen) atoms. The van der Waals surface area contributed by atoms with Gasteiger partial charge in [-0.25, -0.2) is 9.78 Å². The molecule has 0 spiro atoms. The fraction of sp³-hybridized carbons (Fsp3) is 0.238. The lowest BCUT2D eigenvalue weighted by atomic mass is 9.90. The van der Waals surface area contributed by atoms with Crippen molar-refractivity contribution in [3.63, 3.8) is 0 Å². The van der Waals surface area contributed by atoms with Crippen molar-refractivity contribution in [2.45, 2.75) is 25.2 Å². The molecule has 1 amide bonds. The molecule has 1 aromatic carbocycles. The minimum absolute atomic E-state index is 0.0396. The Hall–Kier alpha value is -3.31. The van der Waals surface area contributed by atoms with E-state index in [-0.39, 0.29) is 11.8 Å². The number of nitrogens with zero attached hydrogens (tertiary/aromatic N) is 2. The Bertz CT molecular complexity index is 1070. The number of aromatic nitrogens is 2. The van der Waals surface area contributed by atoms with Crippen molar-refractivity contribution in [1.82, 2.24) is 20.6 Å². The van der Waals surface area contributed by atoms with Crippen LogP contribution < -0.4 is 10.6 Å². The lowest BCUT2D eigenvalue weighted by Crippen LogP contribution is -2.38. The molecule has 1 unspecified atom stereocenters. The molecule has 168 valence electrons. The summed E-state index contributed by atoms with van der Waals surface area (Å²) >= 11 is 1.55. The zero-order chi connectivity index (χ0) is 23.1. The van der Waals surface area contributed by atoms with E-state index in [1.807, 2.05) is 35.7 Å². The normalized spacial score (nSPS) is 15.2. The van der Waals surface area contributed by atoms with Crippen LogP contribution in [0.3, 0.4) is 0 Å². The van der Waals surface area contributed by atoms with Crippen molar-refractivity contribution in [2.24, 2.45) is 0 Å². The van der Waals surface area contributed by atoms with Crippen molar-refractivity contribution in [2.75, 3.05) is 6.54 Å². The third kappa shape index (κ3) is 6.11. The van der Waals surface area contributed by atoms with E-state index < -0.39 is 12.1 Å². The maximum atomic E-state index is 12.6. The van der Waals surface area contributed by atoms with Gasteiger partial charge in [0.1, 0.15) is 5.01 Å². The molecule has 0 bridgehead atoms. The first kappa shape index (κ1) is 23.4. The summed E-state index contributed by atoms with van der Waals surface area (Å²) in [5.74, 6) is -2.87. The molecule has 0 fully saturated rings. The molecule has 3 N–H and O–H groups in total. The number of hydrogen-bond donors (Lipinski definition) is 3. The number of alkyl halides is 3. The molecule has 1 atom stereocenters. The molecule has 2 aromatic heterocycles. The second kappa shape index (κ2) is 10.3. The fourth-order valence-electron chi connectivity index (χ4n) is 3.06. The predicted octanol–water partition coefficient (Wildman–Crippen LogP) is 3.34. The van der Waals surface area contributed by atoms with Gasteiger partial charge in [-0.2, -0.15) is 13.2 Å². The molecular weight excluding hydrogens is 445 g/mol. The second-order valence-corrected chi connectivity index (χ2v) is 7.71. The van der Waals surface area contributed by atoms with E-state index >= 15 is 0 Å². The number of halogens is 3. The molecule has 11 heteroatoms. The molecule has 0 aliphatic carbocycles. The standard InChI is InChI=1S/C19H18N4OS.C2HF3O2/c24-19(16-10-21-8-13-4-1-2-6-15(13)16)22-11-18-23-17(12-25-18)14-5-3-7-20-9-14;3-2(4,5)1(6)7/h1-7,9,12,16,21H,8,10-11H2,(H,22,24);(H,6,7). The Kier molecular flexibility index (Phi) is 7.54. The summed E-state index contributed by atoms with van der Waals surface area (Å²) < 4.78 is 31.7. The van der Waals surface area contributed by atoms with E-state index in [9.17, 15) is 18.0 Å². The second-order valence-electron chi connectivity index (χ2n) is 6.77. The van der Waals surface area contributed by atoms with Gasteiger partial charge in [-0.3, -0.25) is 9.78 Å². The van der Waals surface area contributed by atoms with E-state index in [2.05, 4.69) is 26.7 Å². The number of pyridine rings is 1. The Morgan fingerprint density at radius 1 is 1.22 bits per heavy atom. The number of amides is 1. The number of rotatable bonds is 4. The Morgan fingerprint density at radius 3 is 2.66 bits per heavy atom. The smallest absolute Gasteiger partial charge is 0.475 e. The summed E-state index contributed by atoms with van der Waals surface area (Å²) in [4.78, 5) is 30.2. The van der Waals surface area contributed by atoms with Crippen LogP contribution in [0.1, 0.15) is 22.1 Å². The summed E-state index contributed by atoms with van der Waals surface area (Å²) in [6, 6.07) is 12.0. The largest absolute Gasteiger partial charge is 0.490 e. The van der Waals surface area contributed by atoms with Gasteiger partial charge < -0.3 is 15.7 Å². The zero-order valence-electron chi connectivity index (χ0n) is 16.6. The van der Waals surface area contributed by atoms with Gasteiger partial charge in [-0.1, -0.05) is 24.3 Å². The highest BCUT2D eigenvalue weighted by atomic mass is 32.1. The van der Waals surface area contributed by atoms with Gasteiger partial charge in [0.25, 0.3) is 0 Å². The van der Waals surface area contributed by atoms with Crippen molar-refractivity contribution < 1.29 is 27.9 Å². The van der Waals surface area contributed by atoms with Crippen LogP contribution in [-0.2, 0) is 22.7 Å². The van der Waals surface area contributed by atoms with Crippen LogP contribution in [0.4, 0.5) is 13.2 Å². The summed E-state index contributed by atoms with van der Waals surface area (Å²) in [6.45, 7) is 1.94. The molecule has 3 heterocycles. The highest BCUT2D eigenvalue weighted by Crippen LogP contribution is 2.25. The average Bonchev–Trinajstić information content (AvgIpc) is 3.26. The molecule has 1 aliphatic rings. The Labute approximate surface area is 185 Å². The minimum atomic E-state index is -5.08. The topological polar surface area (TPSA) is 104 Å². The van der Waals surface area contributed by atoms with Crippen molar-refractivity contribution in [3.8, 4) is 11.3 Å². The van der Waals surface area contributed by atoms with Gasteiger partial charge in [-0.05, 0) is 23.3 Å². The van der Waals surface area contributed by atoms with Crippen molar-refractivity contribution >= 4 is 23.2 Å². The number of thiazole rings is 1. The van der Waals surface area contributed by atoms with Gasteiger partial charge in [0, 0.05) is 36.4 Å². The van der Waals surface area contributed by atoms with Crippen LogP contribution in [-0.4, -0.2) is 39.7 Å². The third-order valence-electron chi connectivity index (χ3n) is 4.58.